The molecule has 0 radical (unpaired) electrons. The van der Waals surface area contributed by atoms with E-state index < -0.39 is 0 Å². The molecule has 1 heterocycles. The monoisotopic (exact) mass is 304 g/mol. The third-order valence-corrected chi connectivity index (χ3v) is 4.38. The van der Waals surface area contributed by atoms with Gasteiger partial charge in [0.25, 0.3) is 0 Å². The summed E-state index contributed by atoms with van der Waals surface area (Å²) in [5, 5.41) is 10.3. The summed E-state index contributed by atoms with van der Waals surface area (Å²) in [7, 11) is 0. The molecule has 3 nitrogen and oxygen atoms in total. The van der Waals surface area contributed by atoms with Crippen molar-refractivity contribution in [2.45, 2.75) is 45.5 Å². The Hall–Kier alpha value is -1.26. The van der Waals surface area contributed by atoms with Gasteiger partial charge in [-0.2, -0.15) is 0 Å². The van der Waals surface area contributed by atoms with Crippen LogP contribution in [-0.2, 0) is 13.2 Å². The highest BCUT2D eigenvalue weighted by molar-refractivity contribution is 7.99. The van der Waals surface area contributed by atoms with Crippen molar-refractivity contribution in [3.05, 3.63) is 47.3 Å². The SMILES string of the molecule is Cc1ccc(Cn2cc(CO)nc2SCCC(C)C)cc1. The van der Waals surface area contributed by atoms with Gasteiger partial charge in [-0.15, -0.1) is 0 Å². The number of aryl methyl sites for hydroxylation is 1. The van der Waals surface area contributed by atoms with E-state index >= 15 is 0 Å². The lowest BCUT2D eigenvalue weighted by atomic mass is 10.1. The number of aromatic nitrogens is 2. The first-order valence-corrected chi connectivity index (χ1v) is 8.42. The van der Waals surface area contributed by atoms with Crippen molar-refractivity contribution in [3.63, 3.8) is 0 Å². The predicted molar refractivity (Wildman–Crippen MR) is 88.6 cm³/mol. The number of aliphatic hydroxyl groups is 1. The average Bonchev–Trinajstić information content (AvgIpc) is 2.83. The van der Waals surface area contributed by atoms with Crippen molar-refractivity contribution in [1.82, 2.24) is 9.55 Å². The molecule has 0 atom stereocenters. The van der Waals surface area contributed by atoms with E-state index in [-0.39, 0.29) is 6.61 Å². The van der Waals surface area contributed by atoms with Crippen molar-refractivity contribution in [2.75, 3.05) is 5.75 Å². The van der Waals surface area contributed by atoms with Crippen LogP contribution in [0.3, 0.4) is 0 Å². The third-order valence-electron chi connectivity index (χ3n) is 3.35. The van der Waals surface area contributed by atoms with Gasteiger partial charge in [-0.3, -0.25) is 0 Å². The first kappa shape index (κ1) is 16.1. The molecular weight excluding hydrogens is 280 g/mol. The van der Waals surface area contributed by atoms with Crippen molar-refractivity contribution in [1.29, 1.82) is 0 Å². The summed E-state index contributed by atoms with van der Waals surface area (Å²) in [6, 6.07) is 8.56. The smallest absolute Gasteiger partial charge is 0.168 e. The van der Waals surface area contributed by atoms with Crippen molar-refractivity contribution >= 4 is 11.8 Å². The molecule has 0 aliphatic carbocycles. The molecular formula is C17H24N2OS. The summed E-state index contributed by atoms with van der Waals surface area (Å²) < 4.78 is 2.14. The fourth-order valence-electron chi connectivity index (χ4n) is 2.03. The van der Waals surface area contributed by atoms with Crippen LogP contribution in [0.2, 0.25) is 0 Å². The van der Waals surface area contributed by atoms with Crippen molar-refractivity contribution < 1.29 is 5.11 Å². The van der Waals surface area contributed by atoms with Crippen LogP contribution in [0, 0.1) is 12.8 Å². The summed E-state index contributed by atoms with van der Waals surface area (Å²) in [5.74, 6) is 1.77. The van der Waals surface area contributed by atoms with E-state index in [0.29, 0.717) is 5.92 Å². The quantitative estimate of drug-likeness (QED) is 0.789. The molecule has 114 valence electrons. The highest BCUT2D eigenvalue weighted by Crippen LogP contribution is 2.21. The summed E-state index contributed by atoms with van der Waals surface area (Å²) in [6.07, 6.45) is 3.13. The molecule has 0 aliphatic heterocycles. The van der Waals surface area contributed by atoms with Crippen LogP contribution in [0.5, 0.6) is 0 Å². The van der Waals surface area contributed by atoms with E-state index in [0.717, 1.165) is 23.1 Å². The van der Waals surface area contributed by atoms with Crippen molar-refractivity contribution in [2.24, 2.45) is 5.92 Å². The predicted octanol–water partition coefficient (Wildman–Crippen LogP) is 3.87. The zero-order valence-corrected chi connectivity index (χ0v) is 13.9. The number of imidazole rings is 1. The molecule has 0 saturated carbocycles. The number of rotatable bonds is 7. The van der Waals surface area contributed by atoms with Gasteiger partial charge in [0.05, 0.1) is 12.3 Å². The van der Waals surface area contributed by atoms with Gasteiger partial charge in [0, 0.05) is 18.5 Å². The Balaban J connectivity index is 2.09. The molecule has 21 heavy (non-hydrogen) atoms. The van der Waals surface area contributed by atoms with E-state index in [2.05, 4.69) is 54.6 Å². The first-order chi connectivity index (χ1) is 10.1. The Morgan fingerprint density at radius 3 is 2.57 bits per heavy atom. The molecule has 1 aromatic heterocycles. The number of nitrogens with zero attached hydrogens (tertiary/aromatic N) is 2. The second-order valence-electron chi connectivity index (χ2n) is 5.82. The molecule has 1 N–H and O–H groups in total. The Kier molecular flexibility index (Phi) is 5.88. The number of hydrogen-bond acceptors (Lipinski definition) is 3. The number of aliphatic hydroxyl groups excluding tert-OH is 1. The standard InChI is InChI=1S/C17H24N2OS/c1-13(2)8-9-21-17-18-16(12-20)11-19(17)10-15-6-4-14(3)5-7-15/h4-7,11,13,20H,8-10,12H2,1-3H3. The lowest BCUT2D eigenvalue weighted by Crippen LogP contribution is -2.01. The third kappa shape index (κ3) is 4.90. The van der Waals surface area contributed by atoms with E-state index in [9.17, 15) is 5.11 Å². The second-order valence-corrected chi connectivity index (χ2v) is 6.88. The van der Waals surface area contributed by atoms with Crippen LogP contribution in [0.4, 0.5) is 0 Å². The Bertz CT molecular complexity index is 561. The molecule has 0 bridgehead atoms. The highest BCUT2D eigenvalue weighted by atomic mass is 32.2. The van der Waals surface area contributed by atoms with E-state index in [1.165, 1.54) is 17.5 Å². The summed E-state index contributed by atoms with van der Waals surface area (Å²) >= 11 is 1.77. The Morgan fingerprint density at radius 1 is 1.24 bits per heavy atom. The minimum absolute atomic E-state index is 0.00135. The van der Waals surface area contributed by atoms with Crippen LogP contribution < -0.4 is 0 Å². The summed E-state index contributed by atoms with van der Waals surface area (Å²) in [4.78, 5) is 4.52. The van der Waals surface area contributed by atoms with Gasteiger partial charge >= 0.3 is 0 Å². The zero-order chi connectivity index (χ0) is 15.2. The van der Waals surface area contributed by atoms with Crippen LogP contribution in [0.1, 0.15) is 37.1 Å². The highest BCUT2D eigenvalue weighted by Gasteiger charge is 2.09. The van der Waals surface area contributed by atoms with Gasteiger partial charge in [-0.1, -0.05) is 55.4 Å². The largest absolute Gasteiger partial charge is 0.390 e. The summed E-state index contributed by atoms with van der Waals surface area (Å²) in [6.45, 7) is 7.37. The topological polar surface area (TPSA) is 38.0 Å². The molecule has 2 aromatic rings. The Morgan fingerprint density at radius 2 is 1.95 bits per heavy atom. The number of benzene rings is 1. The summed E-state index contributed by atoms with van der Waals surface area (Å²) in [5.41, 5.74) is 3.27. The van der Waals surface area contributed by atoms with Crippen molar-refractivity contribution in [3.8, 4) is 0 Å². The molecule has 0 spiro atoms. The van der Waals surface area contributed by atoms with Crippen LogP contribution >= 0.6 is 11.8 Å². The maximum atomic E-state index is 9.31. The number of hydrogen-bond donors (Lipinski definition) is 1. The molecule has 0 aliphatic rings. The van der Waals surface area contributed by atoms with E-state index in [4.69, 9.17) is 0 Å². The molecule has 0 fully saturated rings. The van der Waals surface area contributed by atoms with Gasteiger partial charge in [0.2, 0.25) is 0 Å². The fraction of sp³-hybridized carbons (Fsp3) is 0.471. The van der Waals surface area contributed by atoms with Gasteiger partial charge in [0.1, 0.15) is 0 Å². The first-order valence-electron chi connectivity index (χ1n) is 7.43. The molecule has 4 heteroatoms. The van der Waals surface area contributed by atoms with Crippen LogP contribution in [0.15, 0.2) is 35.6 Å². The number of thioether (sulfide) groups is 1. The Labute approximate surface area is 131 Å². The van der Waals surface area contributed by atoms with Gasteiger partial charge in [-0.25, -0.2) is 4.98 Å². The molecule has 0 amide bonds. The molecule has 2 rings (SSSR count). The van der Waals surface area contributed by atoms with E-state index in [1.54, 1.807) is 11.8 Å². The molecule has 1 aromatic carbocycles. The minimum atomic E-state index is -0.00135. The van der Waals surface area contributed by atoms with Gasteiger partial charge in [-0.05, 0) is 24.8 Å². The lowest BCUT2D eigenvalue weighted by molar-refractivity contribution is 0.277. The second kappa shape index (κ2) is 7.66. The fourth-order valence-corrected chi connectivity index (χ4v) is 3.27. The van der Waals surface area contributed by atoms with Gasteiger partial charge in [0.15, 0.2) is 5.16 Å². The lowest BCUT2D eigenvalue weighted by Gasteiger charge is -2.08. The van der Waals surface area contributed by atoms with Crippen LogP contribution in [0.25, 0.3) is 0 Å². The van der Waals surface area contributed by atoms with Gasteiger partial charge < -0.3 is 9.67 Å². The zero-order valence-electron chi connectivity index (χ0n) is 13.0. The molecule has 0 unspecified atom stereocenters. The maximum Gasteiger partial charge on any atom is 0.168 e. The molecule has 0 saturated heterocycles. The average molecular weight is 304 g/mol. The van der Waals surface area contributed by atoms with Crippen LogP contribution in [-0.4, -0.2) is 20.4 Å². The normalized spacial score (nSPS) is 11.3. The van der Waals surface area contributed by atoms with E-state index in [1.807, 2.05) is 6.20 Å². The maximum absolute atomic E-state index is 9.31. The minimum Gasteiger partial charge on any atom is -0.390 e.